The van der Waals surface area contributed by atoms with Crippen LogP contribution in [0, 0.1) is 0 Å². The molecule has 1 N–H and O–H groups in total. The Balaban J connectivity index is 1.39. The Kier molecular flexibility index (Phi) is 7.26. The van der Waals surface area contributed by atoms with Gasteiger partial charge in [-0.2, -0.15) is 13.2 Å². The average molecular weight is 512 g/mol. The van der Waals surface area contributed by atoms with Gasteiger partial charge in [-0.25, -0.2) is 0 Å². The van der Waals surface area contributed by atoms with E-state index in [1.165, 1.54) is 42.7 Å². The lowest BCUT2D eigenvalue weighted by molar-refractivity contribution is -0.137. The Hall–Kier alpha value is -4.30. The maximum atomic E-state index is 13.0. The Morgan fingerprint density at radius 2 is 1.64 bits per heavy atom. The zero-order valence-electron chi connectivity index (χ0n) is 18.4. The molecule has 4 rings (SSSR count). The molecule has 0 fully saturated rings. The average Bonchev–Trinajstić information content (AvgIpc) is 3.54. The zero-order chi connectivity index (χ0) is 25.7. The summed E-state index contributed by atoms with van der Waals surface area (Å²) in [4.78, 5) is 24.5. The third kappa shape index (κ3) is 6.22. The lowest BCUT2D eigenvalue weighted by Gasteiger charge is -2.09. The number of amides is 1. The molecule has 9 heteroatoms. The van der Waals surface area contributed by atoms with E-state index in [1.54, 1.807) is 36.4 Å². The predicted molar refractivity (Wildman–Crippen MR) is 130 cm³/mol. The van der Waals surface area contributed by atoms with E-state index >= 15 is 0 Å². The van der Waals surface area contributed by atoms with E-state index in [9.17, 15) is 22.8 Å². The minimum absolute atomic E-state index is 0.0918. The first-order valence-corrected chi connectivity index (χ1v) is 10.9. The lowest BCUT2D eigenvalue weighted by Crippen LogP contribution is -2.07. The van der Waals surface area contributed by atoms with Crippen LogP contribution >= 0.6 is 11.6 Å². The highest BCUT2D eigenvalue weighted by atomic mass is 35.5. The number of ketones is 1. The van der Waals surface area contributed by atoms with Crippen LogP contribution in [0.4, 0.5) is 18.9 Å². The number of benzene rings is 2. The highest BCUT2D eigenvalue weighted by Gasteiger charge is 2.31. The topological polar surface area (TPSA) is 72.5 Å². The van der Waals surface area contributed by atoms with E-state index in [2.05, 4.69) is 5.32 Å². The number of carbonyl (C=O) groups excluding carboxylic acids is 2. The first-order valence-electron chi connectivity index (χ1n) is 10.5. The van der Waals surface area contributed by atoms with E-state index in [4.69, 9.17) is 20.4 Å². The normalized spacial score (nSPS) is 11.9. The fourth-order valence-corrected chi connectivity index (χ4v) is 3.39. The summed E-state index contributed by atoms with van der Waals surface area (Å²) in [5, 5.41) is 2.78. The summed E-state index contributed by atoms with van der Waals surface area (Å²) in [5.74, 6) is 0.249. The number of furan rings is 2. The Morgan fingerprint density at radius 1 is 0.889 bits per heavy atom. The molecule has 0 atom stereocenters. The molecule has 0 aliphatic carbocycles. The van der Waals surface area contributed by atoms with Gasteiger partial charge in [0, 0.05) is 22.9 Å². The molecule has 36 heavy (non-hydrogen) atoms. The fraction of sp³-hybridized carbons (Fsp3) is 0.0370. The fourth-order valence-electron chi connectivity index (χ4n) is 3.18. The number of allylic oxidation sites excluding steroid dienone is 1. The summed E-state index contributed by atoms with van der Waals surface area (Å²) in [6.07, 6.45) is 2.51. The number of hydrogen-bond donors (Lipinski definition) is 1. The first-order chi connectivity index (χ1) is 17.2. The third-order valence-electron chi connectivity index (χ3n) is 4.96. The number of carbonyl (C=O) groups is 2. The van der Waals surface area contributed by atoms with E-state index in [0.717, 1.165) is 18.2 Å². The molecule has 2 aromatic carbocycles. The van der Waals surface area contributed by atoms with Crippen LogP contribution in [0.5, 0.6) is 0 Å². The van der Waals surface area contributed by atoms with Gasteiger partial charge in [0.05, 0.1) is 16.8 Å². The second-order valence-corrected chi connectivity index (χ2v) is 7.91. The largest absolute Gasteiger partial charge is 0.465 e. The van der Waals surface area contributed by atoms with Crippen LogP contribution < -0.4 is 5.32 Å². The second kappa shape index (κ2) is 10.5. The van der Waals surface area contributed by atoms with Crippen molar-refractivity contribution in [2.45, 2.75) is 6.18 Å². The van der Waals surface area contributed by atoms with Crippen molar-refractivity contribution in [3.8, 4) is 11.3 Å². The van der Waals surface area contributed by atoms with Gasteiger partial charge < -0.3 is 14.2 Å². The number of nitrogens with one attached hydrogen (secondary N) is 1. The van der Waals surface area contributed by atoms with E-state index in [-0.39, 0.29) is 33.8 Å². The number of rotatable bonds is 7. The number of anilines is 1. The number of alkyl halides is 3. The van der Waals surface area contributed by atoms with Gasteiger partial charge in [-0.15, -0.1) is 0 Å². The Morgan fingerprint density at radius 3 is 2.33 bits per heavy atom. The van der Waals surface area contributed by atoms with Gasteiger partial charge in [0.25, 0.3) is 0 Å². The maximum absolute atomic E-state index is 13.0. The van der Waals surface area contributed by atoms with Gasteiger partial charge in [-0.05, 0) is 85.0 Å². The quantitative estimate of drug-likeness (QED) is 0.203. The zero-order valence-corrected chi connectivity index (χ0v) is 19.1. The number of halogens is 4. The minimum Gasteiger partial charge on any atom is -0.465 e. The van der Waals surface area contributed by atoms with Gasteiger partial charge in [-0.1, -0.05) is 11.6 Å². The van der Waals surface area contributed by atoms with E-state index in [0.29, 0.717) is 17.0 Å². The molecule has 2 aromatic heterocycles. The molecule has 0 aliphatic rings. The molecular formula is C27H17ClF3NO4. The van der Waals surface area contributed by atoms with Crippen LogP contribution in [0.25, 0.3) is 23.5 Å². The molecule has 0 saturated carbocycles. The predicted octanol–water partition coefficient (Wildman–Crippen LogP) is 7.76. The first kappa shape index (κ1) is 24.8. The molecule has 0 bridgehead atoms. The molecule has 5 nitrogen and oxygen atoms in total. The molecule has 1 amide bonds. The number of hydrogen-bond acceptors (Lipinski definition) is 4. The van der Waals surface area contributed by atoms with Crippen LogP contribution in [0.15, 0.2) is 94.0 Å². The van der Waals surface area contributed by atoms with Crippen LogP contribution in [0.2, 0.25) is 5.02 Å². The SMILES string of the molecule is O=C(/C=C/c1ccco1)Nc1ccc(C(=O)/C=C/c2ccc(-c3cc(C(F)(F)F)ccc3Cl)o2)cc1. The molecule has 0 spiro atoms. The molecular weight excluding hydrogens is 495 g/mol. The highest BCUT2D eigenvalue weighted by Crippen LogP contribution is 2.36. The molecule has 0 aliphatic heterocycles. The van der Waals surface area contributed by atoms with Crippen LogP contribution in [0.3, 0.4) is 0 Å². The second-order valence-electron chi connectivity index (χ2n) is 7.51. The molecule has 182 valence electrons. The van der Waals surface area contributed by atoms with Gasteiger partial charge in [0.2, 0.25) is 5.91 Å². The maximum Gasteiger partial charge on any atom is 0.416 e. The van der Waals surface area contributed by atoms with Crippen LogP contribution in [-0.2, 0) is 11.0 Å². The van der Waals surface area contributed by atoms with Crippen molar-refractivity contribution in [3.05, 3.63) is 113 Å². The van der Waals surface area contributed by atoms with Crippen molar-refractivity contribution in [1.82, 2.24) is 0 Å². The van der Waals surface area contributed by atoms with Crippen molar-refractivity contribution >= 4 is 41.1 Å². The summed E-state index contributed by atoms with van der Waals surface area (Å²) < 4.78 is 49.7. The van der Waals surface area contributed by atoms with Crippen molar-refractivity contribution < 1.29 is 31.6 Å². The van der Waals surface area contributed by atoms with Crippen molar-refractivity contribution in [1.29, 1.82) is 0 Å². The van der Waals surface area contributed by atoms with E-state index in [1.807, 2.05) is 0 Å². The smallest absolute Gasteiger partial charge is 0.416 e. The third-order valence-corrected chi connectivity index (χ3v) is 5.29. The minimum atomic E-state index is -4.52. The summed E-state index contributed by atoms with van der Waals surface area (Å²) in [6, 6.07) is 15.6. The molecule has 0 unspecified atom stereocenters. The monoisotopic (exact) mass is 511 g/mol. The molecule has 0 saturated heterocycles. The van der Waals surface area contributed by atoms with Crippen LogP contribution in [-0.4, -0.2) is 11.7 Å². The summed E-state index contributed by atoms with van der Waals surface area (Å²) in [5.41, 5.74) is 0.106. The van der Waals surface area contributed by atoms with E-state index < -0.39 is 11.7 Å². The van der Waals surface area contributed by atoms with Crippen molar-refractivity contribution in [3.63, 3.8) is 0 Å². The van der Waals surface area contributed by atoms with Crippen LogP contribution in [0.1, 0.15) is 27.4 Å². The highest BCUT2D eigenvalue weighted by molar-refractivity contribution is 6.33. The lowest BCUT2D eigenvalue weighted by atomic mass is 10.1. The molecule has 4 aromatic rings. The van der Waals surface area contributed by atoms with Crippen molar-refractivity contribution in [2.24, 2.45) is 0 Å². The van der Waals surface area contributed by atoms with Gasteiger partial charge in [0.1, 0.15) is 17.3 Å². The van der Waals surface area contributed by atoms with Crippen molar-refractivity contribution in [2.75, 3.05) is 5.32 Å². The Bertz CT molecular complexity index is 1430. The van der Waals surface area contributed by atoms with Gasteiger partial charge >= 0.3 is 6.18 Å². The molecule has 0 radical (unpaired) electrons. The Labute approximate surface area is 208 Å². The van der Waals surface area contributed by atoms with Gasteiger partial charge in [-0.3, -0.25) is 9.59 Å². The molecule has 2 heterocycles. The summed E-state index contributed by atoms with van der Waals surface area (Å²) in [6.45, 7) is 0. The standard InChI is InChI=1S/C27H17ClF3NO4/c28-23-11-5-18(27(29,30)31)16-22(23)25-13-9-21(36-25)8-12-24(33)17-3-6-19(7-4-17)32-26(34)14-10-20-2-1-15-35-20/h1-16H,(H,32,34)/b12-8+,14-10+. The summed E-state index contributed by atoms with van der Waals surface area (Å²) >= 11 is 6.05. The summed E-state index contributed by atoms with van der Waals surface area (Å²) in [7, 11) is 0. The van der Waals surface area contributed by atoms with Gasteiger partial charge in [0.15, 0.2) is 5.78 Å².